The van der Waals surface area contributed by atoms with Gasteiger partial charge in [-0.1, -0.05) is 11.6 Å². The van der Waals surface area contributed by atoms with Gasteiger partial charge in [0.1, 0.15) is 5.78 Å². The molecule has 1 saturated heterocycles. The number of aromatic nitrogens is 1. The Labute approximate surface area is 125 Å². The average molecular weight is 296 g/mol. The third-order valence-corrected chi connectivity index (χ3v) is 4.35. The van der Waals surface area contributed by atoms with Crippen LogP contribution in [0, 0.1) is 0 Å². The Morgan fingerprint density at radius 2 is 1.85 bits per heavy atom. The summed E-state index contributed by atoms with van der Waals surface area (Å²) in [6.45, 7) is 9.42. The second kappa shape index (κ2) is 5.13. The molecule has 0 amide bonds. The molecule has 1 aromatic rings. The highest BCUT2D eigenvalue weighted by atomic mass is 35.5. The van der Waals surface area contributed by atoms with E-state index < -0.39 is 18.3 Å². The van der Waals surface area contributed by atoms with Gasteiger partial charge in [0.25, 0.3) is 0 Å². The number of carbonyl (C=O) groups is 1. The molecule has 0 atom stereocenters. The van der Waals surface area contributed by atoms with Crippen LogP contribution in [-0.2, 0) is 20.5 Å². The molecular formula is C14H19BClNO3. The van der Waals surface area contributed by atoms with Crippen molar-refractivity contribution in [2.45, 2.75) is 52.2 Å². The first kappa shape index (κ1) is 15.5. The van der Waals surface area contributed by atoms with E-state index in [4.69, 9.17) is 20.9 Å². The van der Waals surface area contributed by atoms with Crippen molar-refractivity contribution in [1.82, 2.24) is 4.98 Å². The second-order valence-corrected chi connectivity index (χ2v) is 6.51. The van der Waals surface area contributed by atoms with Crippen LogP contribution in [-0.4, -0.2) is 29.1 Å². The summed E-state index contributed by atoms with van der Waals surface area (Å²) in [4.78, 5) is 15.5. The molecule has 20 heavy (non-hydrogen) atoms. The van der Waals surface area contributed by atoms with Crippen molar-refractivity contribution in [3.05, 3.63) is 22.8 Å². The molecule has 0 bridgehead atoms. The maximum atomic E-state index is 11.3. The third-order valence-electron chi connectivity index (χ3n) is 3.91. The molecule has 1 aromatic heterocycles. The molecule has 2 rings (SSSR count). The molecule has 0 aromatic carbocycles. The van der Waals surface area contributed by atoms with Gasteiger partial charge >= 0.3 is 7.12 Å². The molecule has 1 fully saturated rings. The first-order chi connectivity index (χ1) is 9.14. The monoisotopic (exact) mass is 295 g/mol. The van der Waals surface area contributed by atoms with Crippen molar-refractivity contribution in [2.75, 3.05) is 0 Å². The van der Waals surface area contributed by atoms with Crippen LogP contribution in [0.5, 0.6) is 0 Å². The summed E-state index contributed by atoms with van der Waals surface area (Å²) < 4.78 is 11.9. The lowest BCUT2D eigenvalue weighted by molar-refractivity contribution is -0.116. The van der Waals surface area contributed by atoms with Gasteiger partial charge in [0.2, 0.25) is 0 Å². The van der Waals surface area contributed by atoms with Crippen molar-refractivity contribution in [3.8, 4) is 0 Å². The quantitative estimate of drug-likeness (QED) is 0.802. The molecule has 2 heterocycles. The molecular weight excluding hydrogens is 276 g/mol. The summed E-state index contributed by atoms with van der Waals surface area (Å²) in [7, 11) is -0.612. The number of carbonyl (C=O) groups excluding carboxylic acids is 1. The number of pyridine rings is 1. The van der Waals surface area contributed by atoms with Gasteiger partial charge in [-0.25, -0.2) is 0 Å². The van der Waals surface area contributed by atoms with Gasteiger partial charge in [-0.05, 0) is 46.2 Å². The largest absolute Gasteiger partial charge is 0.516 e. The van der Waals surface area contributed by atoms with E-state index in [1.165, 1.54) is 6.92 Å². The molecule has 1 aliphatic heterocycles. The van der Waals surface area contributed by atoms with Gasteiger partial charge in [-0.15, -0.1) is 0 Å². The Morgan fingerprint density at radius 1 is 1.30 bits per heavy atom. The fourth-order valence-electron chi connectivity index (χ4n) is 2.03. The van der Waals surface area contributed by atoms with Gasteiger partial charge in [-0.3, -0.25) is 9.78 Å². The predicted molar refractivity (Wildman–Crippen MR) is 79.3 cm³/mol. The zero-order valence-electron chi connectivity index (χ0n) is 12.5. The van der Waals surface area contributed by atoms with Gasteiger partial charge in [0, 0.05) is 12.6 Å². The van der Waals surface area contributed by atoms with Crippen LogP contribution >= 0.6 is 11.6 Å². The highest BCUT2D eigenvalue weighted by Crippen LogP contribution is 2.36. The van der Waals surface area contributed by atoms with Crippen LogP contribution in [0.25, 0.3) is 0 Å². The maximum absolute atomic E-state index is 11.3. The van der Waals surface area contributed by atoms with Crippen LogP contribution in [0.1, 0.15) is 40.2 Å². The van der Waals surface area contributed by atoms with Crippen LogP contribution in [0.4, 0.5) is 0 Å². The average Bonchev–Trinajstić information content (AvgIpc) is 2.50. The Kier molecular flexibility index (Phi) is 3.97. The van der Waals surface area contributed by atoms with Crippen LogP contribution in [0.15, 0.2) is 12.3 Å². The maximum Gasteiger partial charge on any atom is 0.516 e. The smallest absolute Gasteiger partial charge is 0.398 e. The molecule has 1 aliphatic rings. The minimum atomic E-state index is -0.612. The SMILES string of the molecule is CC(=O)Cc1ccnc(B2OC(C)(C)C(C)(C)O2)c1Cl. The highest BCUT2D eigenvalue weighted by molar-refractivity contribution is 6.64. The third kappa shape index (κ3) is 2.75. The Morgan fingerprint density at radius 3 is 2.35 bits per heavy atom. The summed E-state index contributed by atoms with van der Waals surface area (Å²) in [5, 5.41) is 0.446. The second-order valence-electron chi connectivity index (χ2n) is 6.14. The summed E-state index contributed by atoms with van der Waals surface area (Å²) in [6, 6.07) is 1.75. The summed E-state index contributed by atoms with van der Waals surface area (Å²) in [5.74, 6) is 0.0537. The highest BCUT2D eigenvalue weighted by Gasteiger charge is 2.53. The van der Waals surface area contributed by atoms with Crippen molar-refractivity contribution in [2.24, 2.45) is 0 Å². The molecule has 0 saturated carbocycles. The molecule has 6 heteroatoms. The minimum absolute atomic E-state index is 0.0537. The van der Waals surface area contributed by atoms with E-state index in [0.29, 0.717) is 10.6 Å². The zero-order chi connectivity index (χ0) is 15.1. The van der Waals surface area contributed by atoms with E-state index in [1.807, 2.05) is 27.7 Å². The van der Waals surface area contributed by atoms with Gasteiger partial charge < -0.3 is 9.31 Å². The number of hydrogen-bond donors (Lipinski definition) is 0. The lowest BCUT2D eigenvalue weighted by atomic mass is 9.83. The number of nitrogens with zero attached hydrogens (tertiary/aromatic N) is 1. The van der Waals surface area contributed by atoms with E-state index >= 15 is 0 Å². The number of hydrogen-bond acceptors (Lipinski definition) is 4. The standard InChI is InChI=1S/C14H19BClNO3/c1-9(18)8-10-6-7-17-12(11(10)16)15-19-13(2,3)14(4,5)20-15/h6-7H,8H2,1-5H3. The Bertz CT molecular complexity index is 529. The molecule has 0 N–H and O–H groups in total. The molecule has 4 nitrogen and oxygen atoms in total. The zero-order valence-corrected chi connectivity index (χ0v) is 13.2. The molecule has 0 aliphatic carbocycles. The first-order valence-corrected chi connectivity index (χ1v) is 7.00. The Balaban J connectivity index is 2.34. The van der Waals surface area contributed by atoms with E-state index in [9.17, 15) is 4.79 Å². The summed E-state index contributed by atoms with van der Waals surface area (Å²) >= 11 is 6.34. The van der Waals surface area contributed by atoms with Crippen molar-refractivity contribution >= 4 is 30.1 Å². The predicted octanol–water partition coefficient (Wildman–Crippen LogP) is 2.17. The topological polar surface area (TPSA) is 48.4 Å². The van der Waals surface area contributed by atoms with Crippen LogP contribution < -0.4 is 5.59 Å². The Hall–Kier alpha value is -0.905. The van der Waals surface area contributed by atoms with E-state index in [-0.39, 0.29) is 12.2 Å². The minimum Gasteiger partial charge on any atom is -0.398 e. The van der Waals surface area contributed by atoms with Gasteiger partial charge in [0.15, 0.2) is 0 Å². The van der Waals surface area contributed by atoms with Crippen LogP contribution in [0.2, 0.25) is 5.02 Å². The fraction of sp³-hybridized carbons (Fsp3) is 0.571. The summed E-state index contributed by atoms with van der Waals surface area (Å²) in [5.41, 5.74) is 0.390. The normalized spacial score (nSPS) is 20.2. The van der Waals surface area contributed by atoms with Gasteiger partial charge in [0.05, 0.1) is 21.8 Å². The molecule has 0 unspecified atom stereocenters. The van der Waals surface area contributed by atoms with E-state index in [0.717, 1.165) is 5.56 Å². The van der Waals surface area contributed by atoms with Crippen molar-refractivity contribution in [3.63, 3.8) is 0 Å². The number of Topliss-reactive ketones (excluding diaryl/α,β-unsaturated/α-hetero) is 1. The summed E-state index contributed by atoms with van der Waals surface area (Å²) in [6.07, 6.45) is 1.92. The first-order valence-electron chi connectivity index (χ1n) is 6.62. The van der Waals surface area contributed by atoms with Crippen molar-refractivity contribution < 1.29 is 14.1 Å². The molecule has 0 spiro atoms. The fourth-order valence-corrected chi connectivity index (χ4v) is 2.29. The van der Waals surface area contributed by atoms with Crippen molar-refractivity contribution in [1.29, 1.82) is 0 Å². The molecule has 0 radical (unpaired) electrons. The van der Waals surface area contributed by atoms with E-state index in [2.05, 4.69) is 4.98 Å². The number of halogens is 1. The lowest BCUT2D eigenvalue weighted by Gasteiger charge is -2.32. The van der Waals surface area contributed by atoms with Crippen LogP contribution in [0.3, 0.4) is 0 Å². The van der Waals surface area contributed by atoms with E-state index in [1.54, 1.807) is 12.3 Å². The van der Waals surface area contributed by atoms with Gasteiger partial charge in [-0.2, -0.15) is 0 Å². The number of ketones is 1. The number of rotatable bonds is 3. The lowest BCUT2D eigenvalue weighted by Crippen LogP contribution is -2.41. The molecule has 108 valence electrons.